The molecule has 3 heteroatoms. The maximum Gasteiger partial charge on any atom is 0.166 e. The molecule has 0 aliphatic carbocycles. The van der Waals surface area contributed by atoms with Gasteiger partial charge in [-0.05, 0) is 49.2 Å². The van der Waals surface area contributed by atoms with Crippen LogP contribution in [0.4, 0.5) is 4.39 Å². The minimum Gasteiger partial charge on any atom is -0.454 e. The second kappa shape index (κ2) is 5.00. The number of benzene rings is 2. The van der Waals surface area contributed by atoms with Gasteiger partial charge in [0.2, 0.25) is 0 Å². The molecule has 0 aromatic heterocycles. The number of carbonyl (C=O) groups is 1. The van der Waals surface area contributed by atoms with E-state index in [-0.39, 0.29) is 5.75 Å². The molecule has 0 spiro atoms. The van der Waals surface area contributed by atoms with Crippen molar-refractivity contribution >= 4 is 6.29 Å². The molecule has 0 radical (unpaired) electrons. The first-order valence-corrected chi connectivity index (χ1v) is 5.60. The third-order valence-corrected chi connectivity index (χ3v) is 2.87. The Hall–Kier alpha value is -2.16. The average Bonchev–Trinajstić information content (AvgIpc) is 2.37. The van der Waals surface area contributed by atoms with E-state index in [2.05, 4.69) is 0 Å². The predicted octanol–water partition coefficient (Wildman–Crippen LogP) is 4.05. The molecule has 0 unspecified atom stereocenters. The monoisotopic (exact) mass is 244 g/mol. The minimum atomic E-state index is -0.541. The van der Waals surface area contributed by atoms with Gasteiger partial charge >= 0.3 is 0 Å². The third kappa shape index (κ3) is 2.40. The van der Waals surface area contributed by atoms with Gasteiger partial charge in [-0.15, -0.1) is 0 Å². The first-order chi connectivity index (χ1) is 8.61. The third-order valence-electron chi connectivity index (χ3n) is 2.87. The lowest BCUT2D eigenvalue weighted by Crippen LogP contribution is -1.93. The van der Waals surface area contributed by atoms with Gasteiger partial charge < -0.3 is 4.74 Å². The van der Waals surface area contributed by atoms with Crippen LogP contribution in [0.15, 0.2) is 36.4 Å². The van der Waals surface area contributed by atoms with E-state index in [1.807, 2.05) is 26.0 Å². The van der Waals surface area contributed by atoms with E-state index >= 15 is 0 Å². The van der Waals surface area contributed by atoms with E-state index < -0.39 is 5.82 Å². The van der Waals surface area contributed by atoms with Crippen molar-refractivity contribution in [2.45, 2.75) is 13.8 Å². The first kappa shape index (κ1) is 12.3. The zero-order chi connectivity index (χ0) is 13.1. The zero-order valence-corrected chi connectivity index (χ0v) is 10.2. The van der Waals surface area contributed by atoms with Gasteiger partial charge in [-0.3, -0.25) is 4.79 Å². The van der Waals surface area contributed by atoms with Gasteiger partial charge in [-0.1, -0.05) is 12.1 Å². The summed E-state index contributed by atoms with van der Waals surface area (Å²) in [6.07, 6.45) is 0.602. The Morgan fingerprint density at radius 2 is 1.89 bits per heavy atom. The molecule has 0 amide bonds. The second-order valence-corrected chi connectivity index (χ2v) is 4.11. The Labute approximate surface area is 105 Å². The number of hydrogen-bond donors (Lipinski definition) is 0. The van der Waals surface area contributed by atoms with Gasteiger partial charge in [0.15, 0.2) is 11.6 Å². The Morgan fingerprint density at radius 1 is 1.11 bits per heavy atom. The van der Waals surface area contributed by atoms with Crippen LogP contribution < -0.4 is 4.74 Å². The molecule has 2 nitrogen and oxygen atoms in total. The van der Waals surface area contributed by atoms with Crippen LogP contribution in [0.25, 0.3) is 0 Å². The number of carbonyl (C=O) groups excluding carboxylic acids is 1. The fourth-order valence-corrected chi connectivity index (χ4v) is 1.63. The summed E-state index contributed by atoms with van der Waals surface area (Å²) in [6, 6.07) is 9.75. The SMILES string of the molecule is Cc1cccc(Oc2ccc(C=O)cc2F)c1C. The quantitative estimate of drug-likeness (QED) is 0.761. The molecular formula is C15H13FO2. The van der Waals surface area contributed by atoms with Crippen LogP contribution in [0.1, 0.15) is 21.5 Å². The van der Waals surface area contributed by atoms with Crippen molar-refractivity contribution in [1.29, 1.82) is 0 Å². The van der Waals surface area contributed by atoms with Crippen molar-refractivity contribution in [2.24, 2.45) is 0 Å². The fourth-order valence-electron chi connectivity index (χ4n) is 1.63. The van der Waals surface area contributed by atoms with Crippen LogP contribution in [-0.2, 0) is 0 Å². The molecule has 92 valence electrons. The summed E-state index contributed by atoms with van der Waals surface area (Å²) >= 11 is 0. The zero-order valence-electron chi connectivity index (χ0n) is 10.2. The number of hydrogen-bond acceptors (Lipinski definition) is 2. The van der Waals surface area contributed by atoms with E-state index in [1.165, 1.54) is 12.1 Å². The molecule has 0 atom stereocenters. The van der Waals surface area contributed by atoms with Crippen LogP contribution in [0.2, 0.25) is 0 Å². The highest BCUT2D eigenvalue weighted by Gasteiger charge is 2.08. The van der Waals surface area contributed by atoms with Crippen LogP contribution >= 0.6 is 0 Å². The summed E-state index contributed by atoms with van der Waals surface area (Å²) in [4.78, 5) is 10.5. The molecule has 2 aromatic rings. The van der Waals surface area contributed by atoms with Gasteiger partial charge in [0.05, 0.1) is 0 Å². The standard InChI is InChI=1S/C15H13FO2/c1-10-4-3-5-14(11(10)2)18-15-7-6-12(9-17)8-13(15)16/h3-9H,1-2H3. The number of ether oxygens (including phenoxy) is 1. The lowest BCUT2D eigenvalue weighted by atomic mass is 10.1. The highest BCUT2D eigenvalue weighted by Crippen LogP contribution is 2.28. The highest BCUT2D eigenvalue weighted by molar-refractivity contribution is 5.75. The maximum atomic E-state index is 13.7. The van der Waals surface area contributed by atoms with Gasteiger partial charge in [-0.25, -0.2) is 4.39 Å². The Morgan fingerprint density at radius 3 is 2.56 bits per heavy atom. The van der Waals surface area contributed by atoms with Crippen molar-refractivity contribution < 1.29 is 13.9 Å². The van der Waals surface area contributed by atoms with Crippen LogP contribution in [0, 0.1) is 19.7 Å². The number of halogens is 1. The Bertz CT molecular complexity index is 591. The molecule has 0 aliphatic heterocycles. The maximum absolute atomic E-state index is 13.7. The normalized spacial score (nSPS) is 10.2. The molecule has 0 saturated heterocycles. The smallest absolute Gasteiger partial charge is 0.166 e. The Kier molecular flexibility index (Phi) is 3.42. The van der Waals surface area contributed by atoms with E-state index in [9.17, 15) is 9.18 Å². The molecule has 18 heavy (non-hydrogen) atoms. The molecule has 0 saturated carbocycles. The predicted molar refractivity (Wildman–Crippen MR) is 67.8 cm³/mol. The van der Waals surface area contributed by atoms with E-state index in [4.69, 9.17) is 4.74 Å². The summed E-state index contributed by atoms with van der Waals surface area (Å²) in [5.41, 5.74) is 2.34. The lowest BCUT2D eigenvalue weighted by molar-refractivity contribution is 0.112. The minimum absolute atomic E-state index is 0.120. The van der Waals surface area contributed by atoms with Crippen molar-refractivity contribution in [3.63, 3.8) is 0 Å². The largest absolute Gasteiger partial charge is 0.454 e. The molecule has 0 bridgehead atoms. The molecule has 0 heterocycles. The van der Waals surface area contributed by atoms with Crippen molar-refractivity contribution in [1.82, 2.24) is 0 Å². The highest BCUT2D eigenvalue weighted by atomic mass is 19.1. The van der Waals surface area contributed by atoms with Crippen molar-refractivity contribution in [2.75, 3.05) is 0 Å². The number of aldehydes is 1. The van der Waals surface area contributed by atoms with E-state index in [0.717, 1.165) is 17.2 Å². The van der Waals surface area contributed by atoms with Gasteiger partial charge in [-0.2, -0.15) is 0 Å². The van der Waals surface area contributed by atoms with Crippen LogP contribution in [-0.4, -0.2) is 6.29 Å². The van der Waals surface area contributed by atoms with Crippen LogP contribution in [0.3, 0.4) is 0 Å². The lowest BCUT2D eigenvalue weighted by Gasteiger charge is -2.11. The summed E-state index contributed by atoms with van der Waals surface area (Å²) < 4.78 is 19.2. The number of rotatable bonds is 3. The molecule has 0 fully saturated rings. The number of aryl methyl sites for hydroxylation is 1. The van der Waals surface area contributed by atoms with Crippen molar-refractivity contribution in [3.05, 3.63) is 58.9 Å². The van der Waals surface area contributed by atoms with Gasteiger partial charge in [0, 0.05) is 5.56 Å². The van der Waals surface area contributed by atoms with Crippen LogP contribution in [0.5, 0.6) is 11.5 Å². The summed E-state index contributed by atoms with van der Waals surface area (Å²) in [6.45, 7) is 3.89. The molecule has 2 aromatic carbocycles. The second-order valence-electron chi connectivity index (χ2n) is 4.11. The molecule has 0 aliphatic rings. The fraction of sp³-hybridized carbons (Fsp3) is 0.133. The van der Waals surface area contributed by atoms with E-state index in [1.54, 1.807) is 6.07 Å². The van der Waals surface area contributed by atoms with E-state index in [0.29, 0.717) is 17.6 Å². The average molecular weight is 244 g/mol. The molecule has 2 rings (SSSR count). The first-order valence-electron chi connectivity index (χ1n) is 5.60. The molecular weight excluding hydrogens is 231 g/mol. The van der Waals surface area contributed by atoms with Crippen molar-refractivity contribution in [3.8, 4) is 11.5 Å². The van der Waals surface area contributed by atoms with Gasteiger partial charge in [0.1, 0.15) is 12.0 Å². The summed E-state index contributed by atoms with van der Waals surface area (Å²) in [5.74, 6) is 0.197. The Balaban J connectivity index is 2.34. The topological polar surface area (TPSA) is 26.3 Å². The molecule has 0 N–H and O–H groups in total. The summed E-state index contributed by atoms with van der Waals surface area (Å²) in [5, 5.41) is 0. The van der Waals surface area contributed by atoms with Gasteiger partial charge in [0.25, 0.3) is 0 Å². The summed E-state index contributed by atoms with van der Waals surface area (Å²) in [7, 11) is 0.